The van der Waals surface area contributed by atoms with Crippen molar-refractivity contribution in [3.8, 4) is 22.3 Å². The molecule has 0 N–H and O–H groups in total. The molecule has 1 unspecified atom stereocenters. The summed E-state index contributed by atoms with van der Waals surface area (Å²) in [5.74, 6) is 0. The van der Waals surface area contributed by atoms with Gasteiger partial charge in [-0.1, -0.05) is 128 Å². The van der Waals surface area contributed by atoms with E-state index in [9.17, 15) is 0 Å². The van der Waals surface area contributed by atoms with E-state index in [0.29, 0.717) is 0 Å². The first-order valence-electron chi connectivity index (χ1n) is 12.6. The van der Waals surface area contributed by atoms with Crippen LogP contribution in [0.5, 0.6) is 0 Å². The zero-order chi connectivity index (χ0) is 25.3. The van der Waals surface area contributed by atoms with Gasteiger partial charge in [0.15, 0.2) is 0 Å². The highest BCUT2D eigenvalue weighted by Crippen LogP contribution is 2.50. The molecule has 0 saturated carbocycles. The van der Waals surface area contributed by atoms with Gasteiger partial charge in [0, 0.05) is 21.3 Å². The van der Waals surface area contributed by atoms with Gasteiger partial charge in [0.25, 0.3) is 0 Å². The van der Waals surface area contributed by atoms with Crippen LogP contribution in [-0.4, -0.2) is 6.04 Å². The molecule has 1 aliphatic rings. The first kappa shape index (κ1) is 24.3. The normalized spacial score (nSPS) is 14.3. The van der Waals surface area contributed by atoms with Crippen molar-refractivity contribution >= 4 is 27.3 Å². The van der Waals surface area contributed by atoms with Crippen LogP contribution in [-0.2, 0) is 5.41 Å². The molecule has 4 aromatic rings. The molecule has 0 amide bonds. The summed E-state index contributed by atoms with van der Waals surface area (Å²) in [7, 11) is 0. The van der Waals surface area contributed by atoms with Crippen LogP contribution in [0.4, 0.5) is 11.4 Å². The Balaban J connectivity index is 1.61. The van der Waals surface area contributed by atoms with Crippen LogP contribution in [0.25, 0.3) is 22.3 Å². The molecule has 0 heterocycles. The Bertz CT molecular complexity index is 1410. The van der Waals surface area contributed by atoms with Crippen molar-refractivity contribution in [2.45, 2.75) is 38.6 Å². The number of benzene rings is 4. The lowest BCUT2D eigenvalue weighted by molar-refractivity contribution is 0.659. The zero-order valence-corrected chi connectivity index (χ0v) is 22.8. The fraction of sp³-hybridized carbons (Fsp3) is 0.176. The Morgan fingerprint density at radius 2 is 1.42 bits per heavy atom. The van der Waals surface area contributed by atoms with Crippen molar-refractivity contribution in [2.75, 3.05) is 4.90 Å². The fourth-order valence-corrected chi connectivity index (χ4v) is 5.59. The van der Waals surface area contributed by atoms with Crippen LogP contribution < -0.4 is 4.90 Å². The average Bonchev–Trinajstić information content (AvgIpc) is 3.13. The molecule has 4 aromatic carbocycles. The minimum Gasteiger partial charge on any atom is -0.335 e. The van der Waals surface area contributed by atoms with Crippen molar-refractivity contribution in [1.29, 1.82) is 0 Å². The molecule has 0 bridgehead atoms. The Labute approximate surface area is 223 Å². The van der Waals surface area contributed by atoms with Crippen LogP contribution in [0.15, 0.2) is 120 Å². The van der Waals surface area contributed by atoms with Gasteiger partial charge in [0.1, 0.15) is 0 Å². The van der Waals surface area contributed by atoms with E-state index in [1.54, 1.807) is 0 Å². The zero-order valence-electron chi connectivity index (χ0n) is 21.2. The number of halogens is 1. The molecule has 0 aliphatic heterocycles. The molecule has 1 nitrogen and oxygen atoms in total. The smallest absolute Gasteiger partial charge is 0.0523 e. The average molecular weight is 535 g/mol. The van der Waals surface area contributed by atoms with E-state index in [1.807, 2.05) is 0 Å². The summed E-state index contributed by atoms with van der Waals surface area (Å²) in [5.41, 5.74) is 10.3. The lowest BCUT2D eigenvalue weighted by Gasteiger charge is -2.33. The van der Waals surface area contributed by atoms with E-state index < -0.39 is 0 Å². The van der Waals surface area contributed by atoms with Gasteiger partial charge in [-0.3, -0.25) is 0 Å². The van der Waals surface area contributed by atoms with E-state index in [4.69, 9.17) is 0 Å². The van der Waals surface area contributed by atoms with Crippen molar-refractivity contribution < 1.29 is 0 Å². The molecular weight excluding hydrogens is 502 g/mol. The molecule has 0 aromatic heterocycles. The Morgan fingerprint density at radius 1 is 0.806 bits per heavy atom. The summed E-state index contributed by atoms with van der Waals surface area (Å²) in [5, 5.41) is 0. The second kappa shape index (κ2) is 9.95. The molecule has 0 radical (unpaired) electrons. The lowest BCUT2D eigenvalue weighted by Crippen LogP contribution is -2.29. The van der Waals surface area contributed by atoms with Crippen molar-refractivity contribution in [3.63, 3.8) is 0 Å². The number of hydrogen-bond acceptors (Lipinski definition) is 1. The standard InChI is InChI=1S/C34H32BrN/c1-5-27(18-15-24(2)35)36(28-19-16-26(17-20-28)25-11-7-6-8-12-25)29-21-22-31-30-13-9-10-14-32(30)34(3,4)33(31)23-29/h6-23,27H,2,5H2,1,3-4H3. The van der Waals surface area contributed by atoms with Gasteiger partial charge in [-0.15, -0.1) is 0 Å². The molecule has 0 fully saturated rings. The highest BCUT2D eigenvalue weighted by atomic mass is 79.9. The number of nitrogens with zero attached hydrogens (tertiary/aromatic N) is 1. The van der Waals surface area contributed by atoms with Gasteiger partial charge in [0.05, 0.1) is 6.04 Å². The maximum absolute atomic E-state index is 4.01. The summed E-state index contributed by atoms with van der Waals surface area (Å²) >= 11 is 3.50. The summed E-state index contributed by atoms with van der Waals surface area (Å²) in [6.45, 7) is 10.9. The van der Waals surface area contributed by atoms with Gasteiger partial charge in [-0.25, -0.2) is 0 Å². The second-order valence-corrected chi connectivity index (χ2v) is 11.0. The predicted octanol–water partition coefficient (Wildman–Crippen LogP) is 10.0. The maximum Gasteiger partial charge on any atom is 0.0523 e. The largest absolute Gasteiger partial charge is 0.335 e. The summed E-state index contributed by atoms with van der Waals surface area (Å²) in [6.07, 6.45) is 5.28. The van der Waals surface area contributed by atoms with E-state index in [1.165, 1.54) is 44.8 Å². The van der Waals surface area contributed by atoms with Crippen LogP contribution in [0.3, 0.4) is 0 Å². The third-order valence-electron chi connectivity index (χ3n) is 7.35. The molecular formula is C34H32BrN. The number of allylic oxidation sites excluding steroid dienone is 2. The minimum absolute atomic E-state index is 0.0352. The lowest BCUT2D eigenvalue weighted by atomic mass is 9.82. The molecule has 0 spiro atoms. The Hall–Kier alpha value is -3.36. The van der Waals surface area contributed by atoms with Gasteiger partial charge in [0.2, 0.25) is 0 Å². The molecule has 1 aliphatic carbocycles. The van der Waals surface area contributed by atoms with E-state index in [2.05, 4.69) is 157 Å². The third kappa shape index (κ3) is 4.47. The highest BCUT2D eigenvalue weighted by Gasteiger charge is 2.35. The van der Waals surface area contributed by atoms with Crippen LogP contribution in [0.1, 0.15) is 38.3 Å². The predicted molar refractivity (Wildman–Crippen MR) is 159 cm³/mol. The van der Waals surface area contributed by atoms with Crippen LogP contribution in [0, 0.1) is 0 Å². The number of rotatable bonds is 7. The second-order valence-electron chi connectivity index (χ2n) is 9.96. The van der Waals surface area contributed by atoms with Gasteiger partial charge >= 0.3 is 0 Å². The van der Waals surface area contributed by atoms with Crippen LogP contribution >= 0.6 is 15.9 Å². The number of fused-ring (bicyclic) bond motifs is 3. The number of anilines is 2. The molecule has 1 atom stereocenters. The molecule has 5 rings (SSSR count). The first-order valence-corrected chi connectivity index (χ1v) is 13.4. The highest BCUT2D eigenvalue weighted by molar-refractivity contribution is 9.11. The molecule has 180 valence electrons. The molecule has 2 heteroatoms. The SMILES string of the molecule is C=C(Br)C=CC(CC)N(c1ccc(-c2ccccc2)cc1)c1ccc2c(c1)C(C)(C)c1ccccc1-2. The van der Waals surface area contributed by atoms with E-state index in [0.717, 1.165) is 10.9 Å². The van der Waals surface area contributed by atoms with E-state index in [-0.39, 0.29) is 11.5 Å². The van der Waals surface area contributed by atoms with E-state index >= 15 is 0 Å². The summed E-state index contributed by atoms with van der Waals surface area (Å²) < 4.78 is 0.880. The maximum atomic E-state index is 4.01. The summed E-state index contributed by atoms with van der Waals surface area (Å²) in [4.78, 5) is 2.46. The molecule has 36 heavy (non-hydrogen) atoms. The quantitative estimate of drug-likeness (QED) is 0.213. The van der Waals surface area contributed by atoms with Gasteiger partial charge in [-0.05, 0) is 64.1 Å². The molecule has 0 saturated heterocycles. The fourth-order valence-electron chi connectivity index (χ4n) is 5.44. The summed E-state index contributed by atoms with van der Waals surface area (Å²) in [6, 6.07) is 35.5. The monoisotopic (exact) mass is 533 g/mol. The van der Waals surface area contributed by atoms with Gasteiger partial charge in [-0.2, -0.15) is 0 Å². The topological polar surface area (TPSA) is 3.24 Å². The third-order valence-corrected chi connectivity index (χ3v) is 7.61. The van der Waals surface area contributed by atoms with Crippen molar-refractivity contribution in [2.24, 2.45) is 0 Å². The van der Waals surface area contributed by atoms with Crippen molar-refractivity contribution in [3.05, 3.63) is 131 Å². The van der Waals surface area contributed by atoms with Crippen LogP contribution in [0.2, 0.25) is 0 Å². The van der Waals surface area contributed by atoms with Crippen molar-refractivity contribution in [1.82, 2.24) is 0 Å². The minimum atomic E-state index is -0.0352. The number of hydrogen-bond donors (Lipinski definition) is 0. The Kier molecular flexibility index (Phi) is 6.73. The first-order chi connectivity index (χ1) is 17.4. The Morgan fingerprint density at radius 3 is 2.11 bits per heavy atom. The van der Waals surface area contributed by atoms with Gasteiger partial charge < -0.3 is 4.90 Å².